The second-order valence-corrected chi connectivity index (χ2v) is 4.33. The van der Waals surface area contributed by atoms with E-state index in [0.717, 1.165) is 17.9 Å². The highest BCUT2D eigenvalue weighted by Crippen LogP contribution is 2.05. The second-order valence-electron chi connectivity index (χ2n) is 3.36. The van der Waals surface area contributed by atoms with E-state index in [0.29, 0.717) is 13.2 Å². The Hall–Kier alpha value is -1.14. The van der Waals surface area contributed by atoms with Crippen LogP contribution in [0.3, 0.4) is 0 Å². The predicted molar refractivity (Wildman–Crippen MR) is 56.7 cm³/mol. The molecule has 0 spiro atoms. The van der Waals surface area contributed by atoms with Gasteiger partial charge in [-0.25, -0.2) is 4.79 Å². The summed E-state index contributed by atoms with van der Waals surface area (Å²) in [4.78, 5) is 16.4. The second kappa shape index (κ2) is 5.09. The summed E-state index contributed by atoms with van der Waals surface area (Å²) in [7, 11) is 0. The van der Waals surface area contributed by atoms with E-state index in [-0.39, 0.29) is 12.1 Å². The SMILES string of the molecule is O=C(NCc1cncs1)NC1CCOC1. The highest BCUT2D eigenvalue weighted by Gasteiger charge is 2.17. The Labute approximate surface area is 91.9 Å². The fourth-order valence-corrected chi connectivity index (χ4v) is 1.92. The lowest BCUT2D eigenvalue weighted by atomic mass is 10.3. The summed E-state index contributed by atoms with van der Waals surface area (Å²) in [6, 6.07) is 0.0189. The van der Waals surface area contributed by atoms with Gasteiger partial charge in [0, 0.05) is 17.7 Å². The van der Waals surface area contributed by atoms with Crippen molar-refractivity contribution in [1.29, 1.82) is 0 Å². The summed E-state index contributed by atoms with van der Waals surface area (Å²) >= 11 is 1.53. The first kappa shape index (κ1) is 10.4. The first-order valence-corrected chi connectivity index (χ1v) is 5.72. The first-order valence-electron chi connectivity index (χ1n) is 4.84. The zero-order valence-electron chi connectivity index (χ0n) is 8.23. The Bertz CT molecular complexity index is 309. The van der Waals surface area contributed by atoms with Gasteiger partial charge in [0.25, 0.3) is 0 Å². The minimum absolute atomic E-state index is 0.140. The molecule has 2 heterocycles. The predicted octanol–water partition coefficient (Wildman–Crippen LogP) is 0.731. The Kier molecular flexibility index (Phi) is 3.52. The van der Waals surface area contributed by atoms with Crippen LogP contribution in [-0.4, -0.2) is 30.3 Å². The smallest absolute Gasteiger partial charge is 0.315 e. The average Bonchev–Trinajstić information content (AvgIpc) is 2.86. The minimum atomic E-state index is -0.140. The molecule has 1 aliphatic heterocycles. The number of nitrogens with zero attached hydrogens (tertiary/aromatic N) is 1. The van der Waals surface area contributed by atoms with E-state index in [9.17, 15) is 4.79 Å². The number of carbonyl (C=O) groups excluding carboxylic acids is 1. The number of amides is 2. The van der Waals surface area contributed by atoms with Gasteiger partial charge >= 0.3 is 6.03 Å². The molecular formula is C9H13N3O2S. The first-order chi connectivity index (χ1) is 7.34. The van der Waals surface area contributed by atoms with Gasteiger partial charge in [0.2, 0.25) is 0 Å². The third kappa shape index (κ3) is 3.17. The summed E-state index contributed by atoms with van der Waals surface area (Å²) < 4.78 is 5.16. The molecule has 82 valence electrons. The van der Waals surface area contributed by atoms with Crippen molar-refractivity contribution in [1.82, 2.24) is 15.6 Å². The molecule has 1 aliphatic rings. The van der Waals surface area contributed by atoms with Gasteiger partial charge in [0.15, 0.2) is 0 Å². The van der Waals surface area contributed by atoms with E-state index in [1.54, 1.807) is 11.7 Å². The maximum Gasteiger partial charge on any atom is 0.315 e. The molecular weight excluding hydrogens is 214 g/mol. The number of hydrogen-bond acceptors (Lipinski definition) is 4. The van der Waals surface area contributed by atoms with Gasteiger partial charge in [-0.2, -0.15) is 0 Å². The third-order valence-electron chi connectivity index (χ3n) is 2.17. The molecule has 0 bridgehead atoms. The van der Waals surface area contributed by atoms with E-state index >= 15 is 0 Å². The Morgan fingerprint density at radius 3 is 3.33 bits per heavy atom. The van der Waals surface area contributed by atoms with Crippen molar-refractivity contribution in [2.24, 2.45) is 0 Å². The topological polar surface area (TPSA) is 63.2 Å². The number of nitrogens with one attached hydrogen (secondary N) is 2. The molecule has 0 radical (unpaired) electrons. The van der Waals surface area contributed by atoms with Crippen molar-refractivity contribution < 1.29 is 9.53 Å². The number of carbonyl (C=O) groups is 1. The summed E-state index contributed by atoms with van der Waals surface area (Å²) in [5, 5.41) is 5.63. The molecule has 1 fully saturated rings. The van der Waals surface area contributed by atoms with Gasteiger partial charge in [-0.3, -0.25) is 4.98 Å². The van der Waals surface area contributed by atoms with Gasteiger partial charge < -0.3 is 15.4 Å². The molecule has 2 rings (SSSR count). The van der Waals surface area contributed by atoms with Crippen molar-refractivity contribution >= 4 is 17.4 Å². The zero-order chi connectivity index (χ0) is 10.5. The molecule has 0 aliphatic carbocycles. The maximum atomic E-state index is 11.4. The molecule has 6 heteroatoms. The number of thiazole rings is 1. The molecule has 0 aromatic carbocycles. The largest absolute Gasteiger partial charge is 0.379 e. The van der Waals surface area contributed by atoms with Crippen LogP contribution in [0.5, 0.6) is 0 Å². The number of urea groups is 1. The number of aromatic nitrogens is 1. The summed E-state index contributed by atoms with van der Waals surface area (Å²) in [6.45, 7) is 1.89. The van der Waals surface area contributed by atoms with Gasteiger partial charge in [-0.15, -0.1) is 11.3 Å². The molecule has 1 aromatic heterocycles. The van der Waals surface area contributed by atoms with Gasteiger partial charge in [-0.05, 0) is 6.42 Å². The van der Waals surface area contributed by atoms with E-state index in [4.69, 9.17) is 4.74 Å². The Balaban J connectivity index is 1.68. The number of ether oxygens (including phenoxy) is 1. The standard InChI is InChI=1S/C9H13N3O2S/c13-9(12-7-1-2-14-5-7)11-4-8-3-10-6-15-8/h3,6-7H,1-2,4-5H2,(H2,11,12,13). The Morgan fingerprint density at radius 1 is 1.73 bits per heavy atom. The van der Waals surface area contributed by atoms with Crippen LogP contribution in [0.4, 0.5) is 4.79 Å². The van der Waals surface area contributed by atoms with Gasteiger partial charge in [0.05, 0.1) is 24.7 Å². The fourth-order valence-electron chi connectivity index (χ4n) is 1.38. The van der Waals surface area contributed by atoms with E-state index in [2.05, 4.69) is 15.6 Å². The molecule has 2 amide bonds. The van der Waals surface area contributed by atoms with Crippen LogP contribution in [-0.2, 0) is 11.3 Å². The van der Waals surface area contributed by atoms with Crippen molar-refractivity contribution in [2.45, 2.75) is 19.0 Å². The van der Waals surface area contributed by atoms with Crippen LogP contribution in [0.2, 0.25) is 0 Å². The minimum Gasteiger partial charge on any atom is -0.379 e. The summed E-state index contributed by atoms with van der Waals surface area (Å²) in [5.74, 6) is 0. The summed E-state index contributed by atoms with van der Waals surface area (Å²) in [5.41, 5.74) is 1.75. The molecule has 15 heavy (non-hydrogen) atoms. The normalized spacial score (nSPS) is 20.1. The lowest BCUT2D eigenvalue weighted by Gasteiger charge is -2.10. The van der Waals surface area contributed by atoms with Crippen LogP contribution in [0.1, 0.15) is 11.3 Å². The van der Waals surface area contributed by atoms with Crippen LogP contribution in [0.25, 0.3) is 0 Å². The maximum absolute atomic E-state index is 11.4. The summed E-state index contributed by atoms with van der Waals surface area (Å²) in [6.07, 6.45) is 2.65. The molecule has 1 aromatic rings. The van der Waals surface area contributed by atoms with E-state index in [1.165, 1.54) is 11.3 Å². The highest BCUT2D eigenvalue weighted by molar-refractivity contribution is 7.09. The highest BCUT2D eigenvalue weighted by atomic mass is 32.1. The van der Waals surface area contributed by atoms with E-state index < -0.39 is 0 Å². The van der Waals surface area contributed by atoms with Crippen LogP contribution < -0.4 is 10.6 Å². The van der Waals surface area contributed by atoms with Crippen LogP contribution in [0, 0.1) is 0 Å². The van der Waals surface area contributed by atoms with Crippen molar-refractivity contribution in [3.63, 3.8) is 0 Å². The molecule has 0 saturated carbocycles. The van der Waals surface area contributed by atoms with Crippen molar-refractivity contribution in [2.75, 3.05) is 13.2 Å². The van der Waals surface area contributed by atoms with Crippen molar-refractivity contribution in [3.05, 3.63) is 16.6 Å². The van der Waals surface area contributed by atoms with Gasteiger partial charge in [0.1, 0.15) is 0 Å². The van der Waals surface area contributed by atoms with Crippen molar-refractivity contribution in [3.8, 4) is 0 Å². The molecule has 5 nitrogen and oxygen atoms in total. The lowest BCUT2D eigenvalue weighted by Crippen LogP contribution is -2.41. The molecule has 1 atom stereocenters. The van der Waals surface area contributed by atoms with E-state index in [1.807, 2.05) is 0 Å². The van der Waals surface area contributed by atoms with Crippen LogP contribution in [0.15, 0.2) is 11.7 Å². The fraction of sp³-hybridized carbons (Fsp3) is 0.556. The van der Waals surface area contributed by atoms with Gasteiger partial charge in [-0.1, -0.05) is 0 Å². The number of rotatable bonds is 3. The molecule has 2 N–H and O–H groups in total. The monoisotopic (exact) mass is 227 g/mol. The van der Waals surface area contributed by atoms with Crippen LogP contribution >= 0.6 is 11.3 Å². The average molecular weight is 227 g/mol. The zero-order valence-corrected chi connectivity index (χ0v) is 9.05. The lowest BCUT2D eigenvalue weighted by molar-refractivity contribution is 0.188. The molecule has 1 unspecified atom stereocenters. The quantitative estimate of drug-likeness (QED) is 0.800. The Morgan fingerprint density at radius 2 is 2.67 bits per heavy atom. The third-order valence-corrected chi connectivity index (χ3v) is 2.95. The molecule has 1 saturated heterocycles. The number of hydrogen-bond donors (Lipinski definition) is 2.